The summed E-state index contributed by atoms with van der Waals surface area (Å²) < 4.78 is 13.7. The fourth-order valence-corrected chi connectivity index (χ4v) is 2.24. The zero-order chi connectivity index (χ0) is 12.6. The average Bonchev–Trinajstić information content (AvgIpc) is 2.28. The molecule has 0 aliphatic heterocycles. The van der Waals surface area contributed by atoms with Crippen molar-refractivity contribution in [2.75, 3.05) is 0 Å². The quantitative estimate of drug-likeness (QED) is 0.852. The Balaban J connectivity index is 2.57. The summed E-state index contributed by atoms with van der Waals surface area (Å²) in [5, 5.41) is 9.25. The molecule has 0 atom stereocenters. The Labute approximate surface area is 99.8 Å². The fourth-order valence-electron chi connectivity index (χ4n) is 2.24. The van der Waals surface area contributed by atoms with Crippen LogP contribution in [0, 0.1) is 11.2 Å². The maximum atomic E-state index is 13.7. The molecule has 1 N–H and O–H groups in total. The van der Waals surface area contributed by atoms with E-state index in [-0.39, 0.29) is 5.82 Å². The molecule has 0 bridgehead atoms. The molecule has 0 fully saturated rings. The van der Waals surface area contributed by atoms with E-state index in [1.54, 1.807) is 26.0 Å². The third-order valence-corrected chi connectivity index (χ3v) is 3.36. The zero-order valence-electron chi connectivity index (χ0n) is 9.96. The van der Waals surface area contributed by atoms with Gasteiger partial charge in [-0.05, 0) is 49.5 Å². The van der Waals surface area contributed by atoms with Crippen LogP contribution in [0.5, 0.6) is 0 Å². The van der Waals surface area contributed by atoms with Crippen molar-refractivity contribution >= 4 is 11.5 Å². The summed E-state index contributed by atoms with van der Waals surface area (Å²) in [6.07, 6.45) is 3.25. The first-order chi connectivity index (χ1) is 7.94. The molecule has 2 nitrogen and oxygen atoms in total. The Bertz CT molecular complexity index is 501. The van der Waals surface area contributed by atoms with Crippen LogP contribution in [0.15, 0.2) is 24.3 Å². The lowest BCUT2D eigenvalue weighted by Gasteiger charge is -2.28. The lowest BCUT2D eigenvalue weighted by atomic mass is 9.75. The van der Waals surface area contributed by atoms with E-state index < -0.39 is 11.4 Å². The van der Waals surface area contributed by atoms with Gasteiger partial charge in [0.05, 0.1) is 5.41 Å². The standard InChI is InChI=1S/C14H15FO2/c1-14(2,13(16)17)11-7-3-6-10-9(11)5-4-8-12(10)15/h4-5,7-8H,3,6H2,1-2H3,(H,16,17). The molecule has 90 valence electrons. The number of hydrogen-bond acceptors (Lipinski definition) is 1. The number of carboxylic acids is 1. The number of carboxylic acid groups (broad SMARTS) is 1. The maximum Gasteiger partial charge on any atom is 0.313 e. The Kier molecular flexibility index (Phi) is 2.77. The number of aliphatic carboxylic acids is 1. The predicted octanol–water partition coefficient (Wildman–Crippen LogP) is 3.27. The van der Waals surface area contributed by atoms with E-state index in [0.29, 0.717) is 24.0 Å². The van der Waals surface area contributed by atoms with Crippen LogP contribution in [0.4, 0.5) is 4.39 Å². The fraction of sp³-hybridized carbons (Fsp3) is 0.357. The first-order valence-corrected chi connectivity index (χ1v) is 5.66. The van der Waals surface area contributed by atoms with Crippen molar-refractivity contribution in [3.05, 3.63) is 41.2 Å². The number of hydrogen-bond donors (Lipinski definition) is 1. The van der Waals surface area contributed by atoms with Gasteiger partial charge < -0.3 is 5.11 Å². The van der Waals surface area contributed by atoms with Gasteiger partial charge in [0.1, 0.15) is 5.82 Å². The summed E-state index contributed by atoms with van der Waals surface area (Å²) in [5.74, 6) is -1.13. The van der Waals surface area contributed by atoms with Crippen LogP contribution >= 0.6 is 0 Å². The lowest BCUT2D eigenvalue weighted by molar-refractivity contribution is -0.143. The third kappa shape index (κ3) is 1.86. The molecule has 3 heteroatoms. The monoisotopic (exact) mass is 234 g/mol. The molecule has 0 radical (unpaired) electrons. The third-order valence-electron chi connectivity index (χ3n) is 3.36. The van der Waals surface area contributed by atoms with Crippen molar-refractivity contribution < 1.29 is 14.3 Å². The second kappa shape index (κ2) is 3.99. The van der Waals surface area contributed by atoms with Gasteiger partial charge in [-0.15, -0.1) is 0 Å². The van der Waals surface area contributed by atoms with Crippen LogP contribution in [0.3, 0.4) is 0 Å². The molecule has 1 aliphatic rings. The van der Waals surface area contributed by atoms with E-state index in [9.17, 15) is 14.3 Å². The van der Waals surface area contributed by atoms with Crippen molar-refractivity contribution in [2.45, 2.75) is 26.7 Å². The number of rotatable bonds is 2. The molecule has 0 spiro atoms. The number of allylic oxidation sites excluding steroid dienone is 1. The summed E-state index contributed by atoms with van der Waals surface area (Å²) >= 11 is 0. The first kappa shape index (κ1) is 11.8. The van der Waals surface area contributed by atoms with Gasteiger partial charge in [-0.25, -0.2) is 4.39 Å². The molecule has 1 aromatic rings. The van der Waals surface area contributed by atoms with Gasteiger partial charge in [-0.1, -0.05) is 18.2 Å². The van der Waals surface area contributed by atoms with Crippen LogP contribution < -0.4 is 0 Å². The molecular formula is C14H15FO2. The number of fused-ring (bicyclic) bond motifs is 1. The van der Waals surface area contributed by atoms with Crippen molar-refractivity contribution in [1.29, 1.82) is 0 Å². The highest BCUT2D eigenvalue weighted by molar-refractivity contribution is 5.92. The van der Waals surface area contributed by atoms with Crippen molar-refractivity contribution in [3.63, 3.8) is 0 Å². The van der Waals surface area contributed by atoms with Crippen LogP contribution in [0.25, 0.3) is 5.57 Å². The van der Waals surface area contributed by atoms with E-state index >= 15 is 0 Å². The van der Waals surface area contributed by atoms with Gasteiger partial charge in [0.25, 0.3) is 0 Å². The van der Waals surface area contributed by atoms with Gasteiger partial charge in [0.2, 0.25) is 0 Å². The van der Waals surface area contributed by atoms with Gasteiger partial charge in [0, 0.05) is 0 Å². The number of halogens is 1. The molecular weight excluding hydrogens is 219 g/mol. The topological polar surface area (TPSA) is 37.3 Å². The van der Waals surface area contributed by atoms with Gasteiger partial charge >= 0.3 is 5.97 Å². The largest absolute Gasteiger partial charge is 0.481 e. The summed E-state index contributed by atoms with van der Waals surface area (Å²) in [4.78, 5) is 11.3. The van der Waals surface area contributed by atoms with Crippen LogP contribution in [-0.4, -0.2) is 11.1 Å². The van der Waals surface area contributed by atoms with E-state index in [0.717, 1.165) is 5.56 Å². The van der Waals surface area contributed by atoms with Crippen molar-refractivity contribution in [3.8, 4) is 0 Å². The molecule has 0 aromatic heterocycles. The zero-order valence-corrected chi connectivity index (χ0v) is 9.96. The molecule has 0 saturated heterocycles. The molecule has 1 aliphatic carbocycles. The molecule has 0 saturated carbocycles. The second-order valence-corrected chi connectivity index (χ2v) is 4.85. The number of benzene rings is 1. The minimum Gasteiger partial charge on any atom is -0.481 e. The van der Waals surface area contributed by atoms with Gasteiger partial charge in [-0.2, -0.15) is 0 Å². The van der Waals surface area contributed by atoms with E-state index in [1.807, 2.05) is 6.08 Å². The Morgan fingerprint density at radius 2 is 2.12 bits per heavy atom. The summed E-state index contributed by atoms with van der Waals surface area (Å²) in [7, 11) is 0. The SMILES string of the molecule is CC(C)(C(=O)O)C1=CCCc2c(F)cccc21. The van der Waals surface area contributed by atoms with Gasteiger partial charge in [0.15, 0.2) is 0 Å². The van der Waals surface area contributed by atoms with E-state index in [1.165, 1.54) is 6.07 Å². The molecule has 1 aromatic carbocycles. The normalized spacial score (nSPS) is 15.1. The Hall–Kier alpha value is -1.64. The smallest absolute Gasteiger partial charge is 0.313 e. The van der Waals surface area contributed by atoms with Crippen LogP contribution in [0.2, 0.25) is 0 Å². The first-order valence-electron chi connectivity index (χ1n) is 5.66. The van der Waals surface area contributed by atoms with Crippen molar-refractivity contribution in [1.82, 2.24) is 0 Å². The van der Waals surface area contributed by atoms with E-state index in [2.05, 4.69) is 0 Å². The maximum absolute atomic E-state index is 13.7. The number of carbonyl (C=O) groups is 1. The van der Waals surface area contributed by atoms with E-state index in [4.69, 9.17) is 0 Å². The highest BCUT2D eigenvalue weighted by atomic mass is 19.1. The highest BCUT2D eigenvalue weighted by Crippen LogP contribution is 2.40. The minimum atomic E-state index is -0.983. The summed E-state index contributed by atoms with van der Waals surface area (Å²) in [6.45, 7) is 3.31. The Morgan fingerprint density at radius 1 is 1.41 bits per heavy atom. The molecule has 0 heterocycles. The van der Waals surface area contributed by atoms with Gasteiger partial charge in [-0.3, -0.25) is 4.79 Å². The predicted molar refractivity (Wildman–Crippen MR) is 64.1 cm³/mol. The average molecular weight is 234 g/mol. The molecule has 0 unspecified atom stereocenters. The molecule has 0 amide bonds. The van der Waals surface area contributed by atoms with Crippen molar-refractivity contribution in [2.24, 2.45) is 5.41 Å². The summed E-state index contributed by atoms with van der Waals surface area (Å²) in [6, 6.07) is 4.86. The lowest BCUT2D eigenvalue weighted by Crippen LogP contribution is -2.27. The Morgan fingerprint density at radius 3 is 2.76 bits per heavy atom. The second-order valence-electron chi connectivity index (χ2n) is 4.85. The molecule has 17 heavy (non-hydrogen) atoms. The van der Waals surface area contributed by atoms with Crippen LogP contribution in [0.1, 0.15) is 31.4 Å². The van der Waals surface area contributed by atoms with Crippen LogP contribution in [-0.2, 0) is 11.2 Å². The highest BCUT2D eigenvalue weighted by Gasteiger charge is 2.35. The molecule has 2 rings (SSSR count). The minimum absolute atomic E-state index is 0.241. The summed E-state index contributed by atoms with van der Waals surface area (Å²) in [5.41, 5.74) is 1.11.